The van der Waals surface area contributed by atoms with Crippen LogP contribution in [0, 0.1) is 0 Å². The first-order chi connectivity index (χ1) is 22.3. The summed E-state index contributed by atoms with van der Waals surface area (Å²) in [6.07, 6.45) is 3.33. The molecule has 1 N–H and O–H groups in total. The third kappa shape index (κ3) is 7.37. The van der Waals surface area contributed by atoms with Gasteiger partial charge in [-0.1, -0.05) is 48.5 Å². The summed E-state index contributed by atoms with van der Waals surface area (Å²) in [6, 6.07) is 17.4. The lowest BCUT2D eigenvalue weighted by atomic mass is 9.91. The Labute approximate surface area is 278 Å². The molecule has 0 radical (unpaired) electrons. The molecule has 2 aromatic carbocycles. The van der Waals surface area contributed by atoms with E-state index in [1.165, 1.54) is 28.7 Å². The van der Waals surface area contributed by atoms with E-state index >= 15 is 0 Å². The molecule has 0 unspecified atom stereocenters. The van der Waals surface area contributed by atoms with Crippen LogP contribution in [0.3, 0.4) is 0 Å². The van der Waals surface area contributed by atoms with E-state index in [4.69, 9.17) is 14.2 Å². The minimum absolute atomic E-state index is 0.0182. The third-order valence-electron chi connectivity index (χ3n) is 9.70. The highest BCUT2D eigenvalue weighted by atomic mass is 16.6. The fourth-order valence-corrected chi connectivity index (χ4v) is 7.53. The lowest BCUT2D eigenvalue weighted by Gasteiger charge is -2.50. The summed E-state index contributed by atoms with van der Waals surface area (Å²) < 4.78 is 16.8. The zero-order valence-corrected chi connectivity index (χ0v) is 28.7. The second-order valence-corrected chi connectivity index (χ2v) is 15.4. The highest BCUT2D eigenvalue weighted by Crippen LogP contribution is 2.44. The van der Waals surface area contributed by atoms with Crippen LogP contribution in [0.25, 0.3) is 11.1 Å². The molecule has 4 bridgehead atoms. The first-order valence-electron chi connectivity index (χ1n) is 17.1. The molecule has 47 heavy (non-hydrogen) atoms. The number of amides is 3. The molecule has 0 spiro atoms. The van der Waals surface area contributed by atoms with Gasteiger partial charge in [-0.25, -0.2) is 14.4 Å². The average molecular weight is 647 g/mol. The van der Waals surface area contributed by atoms with E-state index < -0.39 is 5.60 Å². The maximum Gasteiger partial charge on any atom is 0.410 e. The van der Waals surface area contributed by atoms with Crippen molar-refractivity contribution < 1.29 is 28.6 Å². The largest absolute Gasteiger partial charge is 0.448 e. The first kappa shape index (κ1) is 33.1. The number of piperidine rings is 4. The van der Waals surface area contributed by atoms with E-state index in [0.29, 0.717) is 31.8 Å². The van der Waals surface area contributed by atoms with Crippen molar-refractivity contribution in [2.24, 2.45) is 0 Å². The van der Waals surface area contributed by atoms with Crippen LogP contribution in [0.4, 0.5) is 14.4 Å². The number of nitrogens with one attached hydrogen (secondary N) is 1. The number of hydrogen-bond acceptors (Lipinski definition) is 7. The van der Waals surface area contributed by atoms with Crippen LogP contribution in [-0.4, -0.2) is 101 Å². The van der Waals surface area contributed by atoms with Gasteiger partial charge in [0.2, 0.25) is 0 Å². The van der Waals surface area contributed by atoms with Crippen LogP contribution in [0.5, 0.6) is 0 Å². The summed E-state index contributed by atoms with van der Waals surface area (Å²) in [6.45, 7) is 14.4. The zero-order valence-electron chi connectivity index (χ0n) is 28.7. The molecule has 0 saturated carbocycles. The summed E-state index contributed by atoms with van der Waals surface area (Å²) in [5.41, 5.74) is 3.93. The van der Waals surface area contributed by atoms with Crippen molar-refractivity contribution in [3.8, 4) is 11.1 Å². The molecule has 7 aliphatic rings. The van der Waals surface area contributed by atoms with Gasteiger partial charge in [0.1, 0.15) is 17.8 Å². The van der Waals surface area contributed by atoms with Crippen LogP contribution >= 0.6 is 0 Å². The lowest BCUT2D eigenvalue weighted by Crippen LogP contribution is -2.65. The topological polar surface area (TPSA) is 101 Å². The van der Waals surface area contributed by atoms with Gasteiger partial charge in [0.15, 0.2) is 0 Å². The number of ether oxygens (including phenoxy) is 3. The molecule has 9 rings (SSSR count). The standard InChI is InChI=1S/C26H30N2O4.C11H20N2O2/c1-26(2,3)32-25(30)28-15-17-12-13-18(28)14-27(17)24(29)31-16-23-21-10-6-4-8-19(21)20-9-5-7-11-22(20)23;1-11(2,3)15-10(14)13-7-8-4-5-9(13)6-12-8/h4-11,17-18,23H,12-16H2,1-3H3;8-9,12H,4-7H2,1-3H3/t17-,18-;8-,9-/m00/s1. The molecule has 0 aromatic heterocycles. The van der Waals surface area contributed by atoms with Gasteiger partial charge in [-0.3, -0.25) is 0 Å². The minimum atomic E-state index is -0.528. The summed E-state index contributed by atoms with van der Waals surface area (Å²) in [4.78, 5) is 43.0. The van der Waals surface area contributed by atoms with Crippen molar-refractivity contribution in [1.29, 1.82) is 0 Å². The van der Waals surface area contributed by atoms with E-state index in [2.05, 4.69) is 29.6 Å². The fraction of sp³-hybridized carbons (Fsp3) is 0.595. The summed E-state index contributed by atoms with van der Waals surface area (Å²) in [5, 5.41) is 3.42. The van der Waals surface area contributed by atoms with Crippen molar-refractivity contribution in [2.45, 2.75) is 109 Å². The van der Waals surface area contributed by atoms with Crippen LogP contribution in [0.15, 0.2) is 48.5 Å². The predicted octanol–water partition coefficient (Wildman–Crippen LogP) is 6.38. The summed E-state index contributed by atoms with van der Waals surface area (Å²) in [7, 11) is 0. The normalized spacial score (nSPS) is 24.6. The molecule has 10 nitrogen and oxygen atoms in total. The second kappa shape index (κ2) is 13.0. The molecule has 254 valence electrons. The van der Waals surface area contributed by atoms with Crippen LogP contribution in [0.2, 0.25) is 0 Å². The van der Waals surface area contributed by atoms with E-state index in [1.807, 2.05) is 75.6 Å². The van der Waals surface area contributed by atoms with Crippen LogP contribution in [-0.2, 0) is 14.2 Å². The SMILES string of the molecule is CC(C)(C)OC(=O)N1C[C@@H]2CC[C@H]1CN2.CC(C)(C)OC(=O)N1C[C@@H]2CC[C@H]1CN2C(=O)OCC1c2ccccc2-c2ccccc21. The Bertz CT molecular complexity index is 1430. The summed E-state index contributed by atoms with van der Waals surface area (Å²) in [5.74, 6) is 0.0478. The lowest BCUT2D eigenvalue weighted by molar-refractivity contribution is -0.0393. The van der Waals surface area contributed by atoms with Crippen molar-refractivity contribution in [3.63, 3.8) is 0 Å². The molecule has 6 aliphatic heterocycles. The van der Waals surface area contributed by atoms with Gasteiger partial charge in [0.25, 0.3) is 0 Å². The van der Waals surface area contributed by atoms with Gasteiger partial charge in [-0.15, -0.1) is 0 Å². The first-order valence-corrected chi connectivity index (χ1v) is 17.1. The molecule has 3 amide bonds. The van der Waals surface area contributed by atoms with Gasteiger partial charge >= 0.3 is 18.3 Å². The van der Waals surface area contributed by atoms with Gasteiger partial charge in [-0.05, 0) is 89.5 Å². The smallest absolute Gasteiger partial charge is 0.410 e. The highest BCUT2D eigenvalue weighted by Gasteiger charge is 2.45. The highest BCUT2D eigenvalue weighted by molar-refractivity contribution is 5.79. The van der Waals surface area contributed by atoms with E-state index in [9.17, 15) is 14.4 Å². The van der Waals surface area contributed by atoms with Crippen LogP contribution < -0.4 is 5.32 Å². The van der Waals surface area contributed by atoms with Crippen molar-refractivity contribution >= 4 is 18.3 Å². The van der Waals surface area contributed by atoms with Gasteiger partial charge in [0, 0.05) is 44.2 Å². The van der Waals surface area contributed by atoms with Gasteiger partial charge < -0.3 is 34.2 Å². The van der Waals surface area contributed by atoms with Crippen molar-refractivity contribution in [2.75, 3.05) is 32.8 Å². The maximum atomic E-state index is 13.0. The minimum Gasteiger partial charge on any atom is -0.448 e. The molecule has 6 heterocycles. The van der Waals surface area contributed by atoms with Crippen molar-refractivity contribution in [3.05, 3.63) is 59.7 Å². The molecular weight excluding hydrogens is 596 g/mol. The Morgan fingerprint density at radius 1 is 0.660 bits per heavy atom. The Balaban J connectivity index is 0.000000215. The quantitative estimate of drug-likeness (QED) is 0.378. The van der Waals surface area contributed by atoms with Crippen LogP contribution in [0.1, 0.15) is 84.3 Å². The van der Waals surface area contributed by atoms with Gasteiger partial charge in [-0.2, -0.15) is 0 Å². The Morgan fingerprint density at radius 2 is 1.13 bits per heavy atom. The number of nitrogens with zero attached hydrogens (tertiary/aromatic N) is 3. The number of carbonyl (C=O) groups excluding carboxylic acids is 3. The molecule has 1 aliphatic carbocycles. The second-order valence-electron chi connectivity index (χ2n) is 15.4. The number of hydrogen-bond donors (Lipinski definition) is 1. The van der Waals surface area contributed by atoms with E-state index in [1.54, 1.807) is 4.90 Å². The molecule has 6 saturated heterocycles. The molecule has 6 fully saturated rings. The summed E-state index contributed by atoms with van der Waals surface area (Å²) >= 11 is 0. The zero-order chi connectivity index (χ0) is 33.5. The number of carbonyl (C=O) groups is 3. The van der Waals surface area contributed by atoms with Crippen molar-refractivity contribution in [1.82, 2.24) is 20.0 Å². The number of fused-ring (bicyclic) bond motifs is 9. The van der Waals surface area contributed by atoms with Gasteiger partial charge in [0.05, 0.1) is 12.1 Å². The molecule has 2 aromatic rings. The average Bonchev–Trinajstić information content (AvgIpc) is 3.36. The Hall–Kier alpha value is -3.79. The third-order valence-corrected chi connectivity index (χ3v) is 9.70. The van der Waals surface area contributed by atoms with E-state index in [0.717, 1.165) is 32.4 Å². The molecular formula is C37H50N4O6. The predicted molar refractivity (Wildman–Crippen MR) is 179 cm³/mol. The van der Waals surface area contributed by atoms with E-state index in [-0.39, 0.29) is 41.9 Å². The fourth-order valence-electron chi connectivity index (χ4n) is 7.53. The number of piperazine rings is 2. The molecule has 4 atom stereocenters. The number of rotatable bonds is 2. The Kier molecular flexibility index (Phi) is 9.17. The monoisotopic (exact) mass is 646 g/mol. The maximum absolute atomic E-state index is 13.0. The molecule has 10 heteroatoms. The Morgan fingerprint density at radius 3 is 1.55 bits per heavy atom. The number of benzene rings is 2.